The molecule has 0 aliphatic carbocycles. The number of hydrogen-bond acceptors (Lipinski definition) is 7. The number of carbonyl (C=O) groups is 1. The normalized spacial score (nSPS) is 17.4. The van der Waals surface area contributed by atoms with E-state index in [9.17, 15) is 13.2 Å². The van der Waals surface area contributed by atoms with Gasteiger partial charge in [0.05, 0.1) is 4.90 Å². The lowest BCUT2D eigenvalue weighted by Gasteiger charge is -2.11. The van der Waals surface area contributed by atoms with Gasteiger partial charge in [-0.05, 0) is 43.5 Å². The molecule has 1 amide bonds. The van der Waals surface area contributed by atoms with E-state index in [1.807, 2.05) is 6.92 Å². The molecule has 1 atom stereocenters. The quantitative estimate of drug-likeness (QED) is 0.791. The van der Waals surface area contributed by atoms with Crippen LogP contribution in [0.15, 0.2) is 29.2 Å². The Morgan fingerprint density at radius 1 is 1.32 bits per heavy atom. The highest BCUT2D eigenvalue weighted by atomic mass is 32.2. The van der Waals surface area contributed by atoms with Crippen molar-refractivity contribution < 1.29 is 17.9 Å². The summed E-state index contributed by atoms with van der Waals surface area (Å²) >= 11 is 1.20. The van der Waals surface area contributed by atoms with Crippen molar-refractivity contribution in [3.63, 3.8) is 0 Å². The lowest BCUT2D eigenvalue weighted by molar-refractivity contribution is -0.124. The zero-order valence-electron chi connectivity index (χ0n) is 13.6. The Morgan fingerprint density at radius 2 is 2.08 bits per heavy atom. The number of ether oxygens (including phenoxy) is 1. The highest BCUT2D eigenvalue weighted by molar-refractivity contribution is 7.93. The Hall–Kier alpha value is -2.04. The summed E-state index contributed by atoms with van der Waals surface area (Å²) in [4.78, 5) is 12.1. The number of benzene rings is 1. The van der Waals surface area contributed by atoms with E-state index in [1.54, 1.807) is 12.1 Å². The molecule has 0 bridgehead atoms. The third-order valence-electron chi connectivity index (χ3n) is 3.65. The van der Waals surface area contributed by atoms with E-state index >= 15 is 0 Å². The van der Waals surface area contributed by atoms with E-state index in [2.05, 4.69) is 20.2 Å². The van der Waals surface area contributed by atoms with Gasteiger partial charge < -0.3 is 10.1 Å². The number of anilines is 2. The number of sulfonamides is 1. The molecule has 0 spiro atoms. The molecule has 0 saturated carbocycles. The van der Waals surface area contributed by atoms with E-state index in [1.165, 1.54) is 23.5 Å². The molecule has 1 fully saturated rings. The van der Waals surface area contributed by atoms with Gasteiger partial charge in [-0.1, -0.05) is 18.3 Å². The number of aromatic nitrogens is 2. The van der Waals surface area contributed by atoms with Crippen LogP contribution >= 0.6 is 11.3 Å². The van der Waals surface area contributed by atoms with E-state index in [-0.39, 0.29) is 15.9 Å². The van der Waals surface area contributed by atoms with Gasteiger partial charge in [-0.25, -0.2) is 8.42 Å². The van der Waals surface area contributed by atoms with E-state index in [0.717, 1.165) is 11.4 Å². The van der Waals surface area contributed by atoms with Crippen LogP contribution < -0.4 is 10.0 Å². The Bertz CT molecular complexity index is 843. The third kappa shape index (κ3) is 4.33. The van der Waals surface area contributed by atoms with Crippen LogP contribution in [0.5, 0.6) is 0 Å². The summed E-state index contributed by atoms with van der Waals surface area (Å²) in [5.74, 6) is -0.216. The molecular formula is C15H18N4O4S2. The molecule has 134 valence electrons. The zero-order chi connectivity index (χ0) is 17.9. The number of nitrogens with zero attached hydrogens (tertiary/aromatic N) is 2. The minimum Gasteiger partial charge on any atom is -0.368 e. The second-order valence-electron chi connectivity index (χ2n) is 5.48. The molecule has 1 aliphatic heterocycles. The van der Waals surface area contributed by atoms with Crippen molar-refractivity contribution in [2.45, 2.75) is 37.2 Å². The molecule has 2 aromatic rings. The predicted octanol–water partition coefficient (Wildman–Crippen LogP) is 2.02. The maximum Gasteiger partial charge on any atom is 0.263 e. The maximum absolute atomic E-state index is 12.4. The molecule has 1 aromatic carbocycles. The van der Waals surface area contributed by atoms with Crippen molar-refractivity contribution >= 4 is 38.1 Å². The molecule has 2 N–H and O–H groups in total. The number of hydrogen-bond donors (Lipinski definition) is 2. The third-order valence-corrected chi connectivity index (χ3v) is 6.11. The van der Waals surface area contributed by atoms with Crippen molar-refractivity contribution in [1.82, 2.24) is 10.2 Å². The standard InChI is InChI=1S/C15H18N4O4S2/c1-2-13-17-18-15(24-13)19-25(21,22)11-7-5-10(6-8-11)16-14(20)12-4-3-9-23-12/h5-8,12H,2-4,9H2,1H3,(H,16,20)(H,18,19)/t12-/m0/s1. The van der Waals surface area contributed by atoms with Gasteiger partial charge >= 0.3 is 0 Å². The van der Waals surface area contributed by atoms with Gasteiger partial charge in [0.15, 0.2) is 0 Å². The minimum atomic E-state index is -3.75. The van der Waals surface area contributed by atoms with Crippen molar-refractivity contribution in [3.05, 3.63) is 29.3 Å². The second-order valence-corrected chi connectivity index (χ2v) is 8.22. The Kier molecular flexibility index (Phi) is 5.30. The molecule has 0 radical (unpaired) electrons. The minimum absolute atomic E-state index is 0.0795. The molecule has 1 aromatic heterocycles. The number of carbonyl (C=O) groups excluding carboxylic acids is 1. The SMILES string of the molecule is CCc1nnc(NS(=O)(=O)c2ccc(NC(=O)[C@@H]3CCCO3)cc2)s1. The summed E-state index contributed by atoms with van der Waals surface area (Å²) in [6.45, 7) is 2.51. The summed E-state index contributed by atoms with van der Waals surface area (Å²) in [7, 11) is -3.75. The first kappa shape index (κ1) is 17.8. The monoisotopic (exact) mass is 382 g/mol. The first-order valence-electron chi connectivity index (χ1n) is 7.85. The lowest BCUT2D eigenvalue weighted by Crippen LogP contribution is -2.26. The topological polar surface area (TPSA) is 110 Å². The summed E-state index contributed by atoms with van der Waals surface area (Å²) < 4.78 is 32.4. The molecule has 3 rings (SSSR count). The largest absolute Gasteiger partial charge is 0.368 e. The summed E-state index contributed by atoms with van der Waals surface area (Å²) in [5.41, 5.74) is 0.517. The van der Waals surface area contributed by atoms with E-state index in [0.29, 0.717) is 25.1 Å². The molecule has 10 heteroatoms. The van der Waals surface area contributed by atoms with Gasteiger partial charge in [-0.2, -0.15) is 0 Å². The average Bonchev–Trinajstić information content (AvgIpc) is 3.26. The van der Waals surface area contributed by atoms with Crippen LogP contribution in [0.1, 0.15) is 24.8 Å². The fraction of sp³-hybridized carbons (Fsp3) is 0.400. The van der Waals surface area contributed by atoms with Gasteiger partial charge in [-0.3, -0.25) is 9.52 Å². The Morgan fingerprint density at radius 3 is 2.68 bits per heavy atom. The molecule has 25 heavy (non-hydrogen) atoms. The van der Waals surface area contributed by atoms with Crippen molar-refractivity contribution in [2.75, 3.05) is 16.6 Å². The number of rotatable bonds is 6. The van der Waals surface area contributed by atoms with Crippen molar-refractivity contribution in [2.24, 2.45) is 0 Å². The second kappa shape index (κ2) is 7.46. The average molecular weight is 382 g/mol. The number of nitrogens with one attached hydrogen (secondary N) is 2. The van der Waals surface area contributed by atoms with Gasteiger partial charge in [0.1, 0.15) is 11.1 Å². The first-order valence-corrected chi connectivity index (χ1v) is 10.2. The Balaban J connectivity index is 1.67. The fourth-order valence-corrected chi connectivity index (χ4v) is 4.25. The Labute approximate surface area is 149 Å². The van der Waals surface area contributed by atoms with E-state index < -0.39 is 16.1 Å². The van der Waals surface area contributed by atoms with Crippen molar-refractivity contribution in [1.29, 1.82) is 0 Å². The van der Waals surface area contributed by atoms with Crippen LogP contribution in [0.4, 0.5) is 10.8 Å². The van der Waals surface area contributed by atoms with Gasteiger partial charge in [0.25, 0.3) is 15.9 Å². The van der Waals surface area contributed by atoms with Crippen LogP contribution in [-0.4, -0.2) is 37.2 Å². The number of amides is 1. The van der Waals surface area contributed by atoms with Gasteiger partial charge in [0.2, 0.25) is 5.13 Å². The van der Waals surface area contributed by atoms with Crippen LogP contribution in [0, 0.1) is 0 Å². The summed E-state index contributed by atoms with van der Waals surface area (Å²) in [6.07, 6.45) is 1.82. The first-order chi connectivity index (χ1) is 12.0. The van der Waals surface area contributed by atoms with Gasteiger partial charge in [0, 0.05) is 12.3 Å². The smallest absolute Gasteiger partial charge is 0.263 e. The van der Waals surface area contributed by atoms with Crippen LogP contribution in [0.25, 0.3) is 0 Å². The summed E-state index contributed by atoms with van der Waals surface area (Å²) in [5, 5.41) is 11.4. The van der Waals surface area contributed by atoms with Crippen LogP contribution in [0.3, 0.4) is 0 Å². The molecule has 1 aliphatic rings. The molecule has 1 saturated heterocycles. The molecular weight excluding hydrogens is 364 g/mol. The van der Waals surface area contributed by atoms with Crippen molar-refractivity contribution in [3.8, 4) is 0 Å². The maximum atomic E-state index is 12.4. The van der Waals surface area contributed by atoms with Crippen LogP contribution in [-0.2, 0) is 26.0 Å². The highest BCUT2D eigenvalue weighted by Crippen LogP contribution is 2.22. The lowest BCUT2D eigenvalue weighted by atomic mass is 10.2. The molecule has 8 nitrogen and oxygen atoms in total. The molecule has 0 unspecified atom stereocenters. The molecule has 2 heterocycles. The predicted molar refractivity (Wildman–Crippen MR) is 94.1 cm³/mol. The number of aryl methyl sites for hydroxylation is 1. The summed E-state index contributed by atoms with van der Waals surface area (Å²) in [6, 6.07) is 5.93. The van der Waals surface area contributed by atoms with Gasteiger partial charge in [-0.15, -0.1) is 10.2 Å². The van der Waals surface area contributed by atoms with E-state index in [4.69, 9.17) is 4.74 Å². The zero-order valence-corrected chi connectivity index (χ0v) is 15.2. The highest BCUT2D eigenvalue weighted by Gasteiger charge is 2.23. The van der Waals surface area contributed by atoms with Crippen LogP contribution in [0.2, 0.25) is 0 Å². The fourth-order valence-electron chi connectivity index (χ4n) is 2.34.